The maximum atomic E-state index is 12.3. The van der Waals surface area contributed by atoms with Crippen molar-refractivity contribution in [2.45, 2.75) is 11.8 Å². The van der Waals surface area contributed by atoms with Gasteiger partial charge in [0.15, 0.2) is 0 Å². The Morgan fingerprint density at radius 3 is 2.71 bits per heavy atom. The summed E-state index contributed by atoms with van der Waals surface area (Å²) in [6.45, 7) is 5.39. The van der Waals surface area contributed by atoms with Crippen molar-refractivity contribution in [1.29, 1.82) is 0 Å². The summed E-state index contributed by atoms with van der Waals surface area (Å²) >= 11 is 5.95. The van der Waals surface area contributed by atoms with E-state index in [1.165, 1.54) is 24.3 Å². The minimum Gasteiger partial charge on any atom is -0.307 e. The molecule has 126 valence electrons. The second-order valence-electron chi connectivity index (χ2n) is 4.96. The fourth-order valence-electron chi connectivity index (χ4n) is 1.83. The molecule has 2 N–H and O–H groups in total. The van der Waals surface area contributed by atoms with Crippen molar-refractivity contribution in [3.05, 3.63) is 65.3 Å². The summed E-state index contributed by atoms with van der Waals surface area (Å²) in [7, 11) is -3.84. The molecule has 0 bridgehead atoms. The number of halogens is 1. The van der Waals surface area contributed by atoms with Gasteiger partial charge in [0.1, 0.15) is 10.7 Å². The largest absolute Gasteiger partial charge is 0.307 e. The summed E-state index contributed by atoms with van der Waals surface area (Å²) < 4.78 is 26.7. The van der Waals surface area contributed by atoms with Crippen LogP contribution in [0.5, 0.6) is 0 Å². The van der Waals surface area contributed by atoms with Gasteiger partial charge < -0.3 is 5.32 Å². The smallest absolute Gasteiger partial charge is 0.256 e. The van der Waals surface area contributed by atoms with Crippen LogP contribution < -0.4 is 10.0 Å². The van der Waals surface area contributed by atoms with Crippen LogP contribution in [-0.2, 0) is 10.0 Å². The number of aromatic nitrogens is 1. The van der Waals surface area contributed by atoms with Gasteiger partial charge in [0.2, 0.25) is 10.0 Å². The molecule has 0 aliphatic carbocycles. The number of aryl methyl sites for hydroxylation is 1. The Bertz CT molecular complexity index is 865. The zero-order valence-electron chi connectivity index (χ0n) is 12.9. The number of hydrogen-bond donors (Lipinski definition) is 2. The summed E-state index contributed by atoms with van der Waals surface area (Å²) in [6.07, 6.45) is 3.03. The number of benzene rings is 1. The SMILES string of the molecule is C=CCNS(=O)(=O)c1cc(C(=O)Nc2ccc(C)cn2)ccc1Cl. The lowest BCUT2D eigenvalue weighted by molar-refractivity contribution is 0.102. The molecule has 1 aromatic carbocycles. The lowest BCUT2D eigenvalue weighted by atomic mass is 10.2. The first kappa shape index (κ1) is 18.1. The Morgan fingerprint density at radius 2 is 2.08 bits per heavy atom. The first-order valence-corrected chi connectivity index (χ1v) is 8.84. The number of sulfonamides is 1. The number of pyridine rings is 1. The number of carbonyl (C=O) groups is 1. The van der Waals surface area contributed by atoms with Gasteiger partial charge in [-0.2, -0.15) is 0 Å². The van der Waals surface area contributed by atoms with Gasteiger partial charge in [0, 0.05) is 18.3 Å². The van der Waals surface area contributed by atoms with Gasteiger partial charge in [-0.3, -0.25) is 4.79 Å². The van der Waals surface area contributed by atoms with E-state index in [1.807, 2.05) is 6.92 Å². The molecule has 1 aromatic heterocycles. The standard InChI is InChI=1S/C16H16ClN3O3S/c1-3-8-19-24(22,23)14-9-12(5-6-13(14)17)16(21)20-15-7-4-11(2)10-18-15/h3-7,9-10,19H,1,8H2,2H3,(H,18,20,21). The van der Waals surface area contributed by atoms with E-state index in [0.717, 1.165) is 5.56 Å². The highest BCUT2D eigenvalue weighted by Gasteiger charge is 2.19. The molecule has 0 unspecified atom stereocenters. The molecule has 0 radical (unpaired) electrons. The van der Waals surface area contributed by atoms with Crippen LogP contribution in [0.1, 0.15) is 15.9 Å². The average molecular weight is 366 g/mol. The first-order chi connectivity index (χ1) is 11.3. The fourth-order valence-corrected chi connectivity index (χ4v) is 3.35. The predicted molar refractivity (Wildman–Crippen MR) is 93.8 cm³/mol. The van der Waals surface area contributed by atoms with Crippen LogP contribution in [0.15, 0.2) is 54.1 Å². The second kappa shape index (κ2) is 7.57. The molecule has 8 heteroatoms. The van der Waals surface area contributed by atoms with Crippen LogP contribution in [0.4, 0.5) is 5.82 Å². The van der Waals surface area contributed by atoms with Crippen molar-refractivity contribution in [3.63, 3.8) is 0 Å². The van der Waals surface area contributed by atoms with Gasteiger partial charge >= 0.3 is 0 Å². The van der Waals surface area contributed by atoms with E-state index in [1.54, 1.807) is 18.3 Å². The van der Waals surface area contributed by atoms with Crippen LogP contribution in [0.25, 0.3) is 0 Å². The first-order valence-electron chi connectivity index (χ1n) is 6.97. The normalized spacial score (nSPS) is 11.1. The highest BCUT2D eigenvalue weighted by atomic mass is 35.5. The van der Waals surface area contributed by atoms with Gasteiger partial charge in [0.05, 0.1) is 5.02 Å². The second-order valence-corrected chi connectivity index (χ2v) is 7.10. The summed E-state index contributed by atoms with van der Waals surface area (Å²) in [4.78, 5) is 16.2. The fraction of sp³-hybridized carbons (Fsp3) is 0.125. The topological polar surface area (TPSA) is 88.2 Å². The quantitative estimate of drug-likeness (QED) is 0.770. The van der Waals surface area contributed by atoms with Gasteiger partial charge in [-0.25, -0.2) is 18.1 Å². The molecular formula is C16H16ClN3O3S. The number of amides is 1. The number of rotatable bonds is 6. The van der Waals surface area contributed by atoms with Crippen LogP contribution >= 0.6 is 11.6 Å². The van der Waals surface area contributed by atoms with Gasteiger partial charge in [-0.1, -0.05) is 23.7 Å². The number of nitrogens with zero attached hydrogens (tertiary/aromatic N) is 1. The Kier molecular flexibility index (Phi) is 5.71. The molecule has 0 saturated heterocycles. The van der Waals surface area contributed by atoms with Crippen LogP contribution in [0, 0.1) is 6.92 Å². The molecule has 0 aliphatic rings. The highest BCUT2D eigenvalue weighted by molar-refractivity contribution is 7.89. The molecule has 24 heavy (non-hydrogen) atoms. The van der Waals surface area contributed by atoms with Crippen molar-refractivity contribution >= 4 is 33.3 Å². The third-order valence-corrected chi connectivity index (χ3v) is 4.96. The minimum absolute atomic E-state index is 0.0246. The van der Waals surface area contributed by atoms with Crippen LogP contribution in [-0.4, -0.2) is 25.9 Å². The number of nitrogens with one attached hydrogen (secondary N) is 2. The lowest BCUT2D eigenvalue weighted by Crippen LogP contribution is -2.24. The Hall–Kier alpha value is -2.22. The highest BCUT2D eigenvalue weighted by Crippen LogP contribution is 2.23. The van der Waals surface area contributed by atoms with Gasteiger partial charge in [-0.15, -0.1) is 6.58 Å². The van der Waals surface area contributed by atoms with E-state index >= 15 is 0 Å². The Balaban J connectivity index is 2.28. The van der Waals surface area contributed by atoms with Crippen molar-refractivity contribution in [2.24, 2.45) is 0 Å². The molecule has 2 rings (SSSR count). The summed E-state index contributed by atoms with van der Waals surface area (Å²) in [5.74, 6) is -0.113. The van der Waals surface area contributed by atoms with E-state index < -0.39 is 15.9 Å². The lowest BCUT2D eigenvalue weighted by Gasteiger charge is -2.09. The van der Waals surface area contributed by atoms with Crippen molar-refractivity contribution in [1.82, 2.24) is 9.71 Å². The molecule has 0 atom stereocenters. The predicted octanol–water partition coefficient (Wildman–Crippen LogP) is 2.76. The van der Waals surface area contributed by atoms with Crippen molar-refractivity contribution in [3.8, 4) is 0 Å². The van der Waals surface area contributed by atoms with Crippen molar-refractivity contribution in [2.75, 3.05) is 11.9 Å². The van der Waals surface area contributed by atoms with Gasteiger partial charge in [0.25, 0.3) is 5.91 Å². The van der Waals surface area contributed by atoms with Gasteiger partial charge in [-0.05, 0) is 36.8 Å². The monoisotopic (exact) mass is 365 g/mol. The van der Waals surface area contributed by atoms with E-state index in [-0.39, 0.29) is 22.0 Å². The number of carbonyl (C=O) groups excluding carboxylic acids is 1. The summed E-state index contributed by atoms with van der Waals surface area (Å²) in [6, 6.07) is 7.49. The maximum Gasteiger partial charge on any atom is 0.256 e. The zero-order chi connectivity index (χ0) is 17.7. The van der Waals surface area contributed by atoms with Crippen molar-refractivity contribution < 1.29 is 13.2 Å². The average Bonchev–Trinajstić information content (AvgIpc) is 2.55. The van der Waals surface area contributed by atoms with E-state index in [9.17, 15) is 13.2 Å². The summed E-state index contributed by atoms with van der Waals surface area (Å²) in [5.41, 5.74) is 1.11. The molecule has 1 heterocycles. The molecule has 0 spiro atoms. The molecule has 2 aromatic rings. The molecule has 0 saturated carbocycles. The van der Waals surface area contributed by atoms with Crippen LogP contribution in [0.2, 0.25) is 5.02 Å². The summed E-state index contributed by atoms with van der Waals surface area (Å²) in [5, 5.41) is 2.63. The zero-order valence-corrected chi connectivity index (χ0v) is 14.5. The number of anilines is 1. The molecule has 0 fully saturated rings. The van der Waals surface area contributed by atoms with Crippen LogP contribution in [0.3, 0.4) is 0 Å². The maximum absolute atomic E-state index is 12.3. The molecule has 0 aliphatic heterocycles. The Morgan fingerprint density at radius 1 is 1.33 bits per heavy atom. The third kappa shape index (κ3) is 4.41. The molecular weight excluding hydrogens is 350 g/mol. The van der Waals surface area contributed by atoms with E-state index in [4.69, 9.17) is 11.6 Å². The van der Waals surface area contributed by atoms with E-state index in [2.05, 4.69) is 21.6 Å². The van der Waals surface area contributed by atoms with E-state index in [0.29, 0.717) is 5.82 Å². The Labute approximate surface area is 145 Å². The third-order valence-electron chi connectivity index (χ3n) is 3.05. The minimum atomic E-state index is -3.84. The molecule has 1 amide bonds. The molecule has 6 nitrogen and oxygen atoms in total. The number of hydrogen-bond acceptors (Lipinski definition) is 4.